The Morgan fingerprint density at radius 2 is 2.21 bits per heavy atom. The van der Waals surface area contributed by atoms with E-state index in [4.69, 9.17) is 0 Å². The van der Waals surface area contributed by atoms with Crippen molar-refractivity contribution in [3.05, 3.63) is 10.7 Å². The molecule has 0 unspecified atom stereocenters. The Hall–Kier alpha value is -0.840. The monoisotopic (exact) mass is 326 g/mol. The van der Waals surface area contributed by atoms with Crippen LogP contribution in [0.2, 0.25) is 0 Å². The maximum atomic E-state index is 4.66. The van der Waals surface area contributed by atoms with Gasteiger partial charge in [-0.15, -0.1) is 0 Å². The molecule has 106 valence electrons. The third kappa shape index (κ3) is 4.06. The summed E-state index contributed by atoms with van der Waals surface area (Å²) in [7, 11) is 0. The van der Waals surface area contributed by atoms with Crippen LogP contribution in [-0.4, -0.2) is 29.1 Å². The zero-order chi connectivity index (χ0) is 13.8. The number of halogens is 1. The molecule has 0 saturated heterocycles. The minimum Gasteiger partial charge on any atom is -0.354 e. The van der Waals surface area contributed by atoms with Gasteiger partial charge in [0.1, 0.15) is 5.82 Å². The number of nitrogens with one attached hydrogen (secondary N) is 1. The number of anilines is 2. The number of hydrogen-bond donors (Lipinski definition) is 1. The van der Waals surface area contributed by atoms with Gasteiger partial charge in [-0.3, -0.25) is 0 Å². The zero-order valence-electron chi connectivity index (χ0n) is 12.0. The maximum Gasteiger partial charge on any atom is 0.224 e. The summed E-state index contributed by atoms with van der Waals surface area (Å²) in [6, 6.07) is 0.666. The number of aromatic nitrogens is 2. The predicted molar refractivity (Wildman–Crippen MR) is 83.7 cm³/mol. The molecule has 1 aliphatic carbocycles. The molecule has 0 aromatic carbocycles. The summed E-state index contributed by atoms with van der Waals surface area (Å²) in [5, 5.41) is 3.18. The van der Waals surface area contributed by atoms with E-state index in [2.05, 4.69) is 56.9 Å². The van der Waals surface area contributed by atoms with Gasteiger partial charge in [0.25, 0.3) is 0 Å². The van der Waals surface area contributed by atoms with Crippen molar-refractivity contribution in [1.82, 2.24) is 9.97 Å². The summed E-state index contributed by atoms with van der Waals surface area (Å²) in [5.41, 5.74) is 0. The van der Waals surface area contributed by atoms with E-state index >= 15 is 0 Å². The van der Waals surface area contributed by atoms with E-state index in [1.807, 2.05) is 6.20 Å². The second-order valence-corrected chi connectivity index (χ2v) is 6.36. The molecule has 1 fully saturated rings. The minimum atomic E-state index is 0.666. The molecule has 1 aliphatic rings. The zero-order valence-corrected chi connectivity index (χ0v) is 13.6. The molecule has 2 rings (SSSR count). The van der Waals surface area contributed by atoms with E-state index in [0.29, 0.717) is 6.04 Å². The van der Waals surface area contributed by atoms with Gasteiger partial charge in [0, 0.05) is 25.3 Å². The van der Waals surface area contributed by atoms with Crippen molar-refractivity contribution < 1.29 is 0 Å². The fourth-order valence-electron chi connectivity index (χ4n) is 2.05. The van der Waals surface area contributed by atoms with Gasteiger partial charge in [-0.2, -0.15) is 4.98 Å². The maximum absolute atomic E-state index is 4.66. The first kappa shape index (κ1) is 14.6. The highest BCUT2D eigenvalue weighted by Gasteiger charge is 2.31. The lowest BCUT2D eigenvalue weighted by Crippen LogP contribution is -2.29. The molecule has 5 heteroatoms. The standard InChI is InChI=1S/C14H23BrN4/c1-4-16-14-17-9-12(15)13(18-14)19(11-5-6-11)8-7-10(2)3/h9-11H,4-8H2,1-3H3,(H,16,17,18). The first-order chi connectivity index (χ1) is 9.11. The van der Waals surface area contributed by atoms with Crippen LogP contribution >= 0.6 is 15.9 Å². The van der Waals surface area contributed by atoms with Crippen molar-refractivity contribution in [3.63, 3.8) is 0 Å². The van der Waals surface area contributed by atoms with E-state index in [9.17, 15) is 0 Å². The van der Waals surface area contributed by atoms with E-state index in [0.717, 1.165) is 35.2 Å². The van der Waals surface area contributed by atoms with Gasteiger partial charge in [0.05, 0.1) is 4.47 Å². The highest BCUT2D eigenvalue weighted by molar-refractivity contribution is 9.10. The van der Waals surface area contributed by atoms with Gasteiger partial charge in [0.2, 0.25) is 5.95 Å². The highest BCUT2D eigenvalue weighted by Crippen LogP contribution is 2.35. The number of nitrogens with zero attached hydrogens (tertiary/aromatic N) is 3. The summed E-state index contributed by atoms with van der Waals surface area (Å²) in [6.07, 6.45) is 5.62. The van der Waals surface area contributed by atoms with Crippen LogP contribution < -0.4 is 10.2 Å². The van der Waals surface area contributed by atoms with Crippen LogP contribution in [0.15, 0.2) is 10.7 Å². The molecule has 1 aromatic rings. The van der Waals surface area contributed by atoms with Crippen molar-refractivity contribution in [2.24, 2.45) is 5.92 Å². The van der Waals surface area contributed by atoms with Crippen LogP contribution in [0.3, 0.4) is 0 Å². The molecule has 1 aromatic heterocycles. The molecule has 0 radical (unpaired) electrons. The minimum absolute atomic E-state index is 0.666. The van der Waals surface area contributed by atoms with Crippen molar-refractivity contribution in [1.29, 1.82) is 0 Å². The summed E-state index contributed by atoms with van der Waals surface area (Å²) in [4.78, 5) is 11.4. The molecule has 0 spiro atoms. The smallest absolute Gasteiger partial charge is 0.224 e. The Balaban J connectivity index is 2.17. The van der Waals surface area contributed by atoms with Crippen LogP contribution in [0.25, 0.3) is 0 Å². The lowest BCUT2D eigenvalue weighted by atomic mass is 10.1. The van der Waals surface area contributed by atoms with Crippen molar-refractivity contribution in [2.75, 3.05) is 23.3 Å². The molecule has 1 N–H and O–H groups in total. The summed E-state index contributed by atoms with van der Waals surface area (Å²) in [6.45, 7) is 8.51. The SMILES string of the molecule is CCNc1ncc(Br)c(N(CCC(C)C)C2CC2)n1. The molecule has 0 aliphatic heterocycles. The summed E-state index contributed by atoms with van der Waals surface area (Å²) < 4.78 is 0.991. The van der Waals surface area contributed by atoms with Crippen molar-refractivity contribution in [2.45, 2.75) is 46.1 Å². The fraction of sp³-hybridized carbons (Fsp3) is 0.714. The first-order valence-corrected chi connectivity index (χ1v) is 7.94. The topological polar surface area (TPSA) is 41.1 Å². The van der Waals surface area contributed by atoms with Crippen molar-refractivity contribution >= 4 is 27.7 Å². The van der Waals surface area contributed by atoms with E-state index in [-0.39, 0.29) is 0 Å². The summed E-state index contributed by atoms with van der Waals surface area (Å²) >= 11 is 3.59. The Kier molecular flexibility index (Phi) is 5.02. The average Bonchev–Trinajstić information content (AvgIpc) is 3.17. The Morgan fingerprint density at radius 1 is 1.47 bits per heavy atom. The molecule has 19 heavy (non-hydrogen) atoms. The van der Waals surface area contributed by atoms with E-state index in [1.54, 1.807) is 0 Å². The van der Waals surface area contributed by atoms with Gasteiger partial charge in [-0.1, -0.05) is 13.8 Å². The molecule has 0 bridgehead atoms. The molecule has 0 atom stereocenters. The quantitative estimate of drug-likeness (QED) is 0.829. The second-order valence-electron chi connectivity index (χ2n) is 5.50. The third-order valence-corrected chi connectivity index (χ3v) is 3.83. The largest absolute Gasteiger partial charge is 0.354 e. The van der Waals surface area contributed by atoms with Gasteiger partial charge in [-0.05, 0) is 48.0 Å². The highest BCUT2D eigenvalue weighted by atomic mass is 79.9. The lowest BCUT2D eigenvalue weighted by molar-refractivity contribution is 0.568. The molecule has 4 nitrogen and oxygen atoms in total. The van der Waals surface area contributed by atoms with Gasteiger partial charge in [0.15, 0.2) is 0 Å². The number of rotatable bonds is 7. The van der Waals surface area contributed by atoms with Crippen LogP contribution in [0.5, 0.6) is 0 Å². The normalized spacial score (nSPS) is 14.8. The Labute approximate surface area is 124 Å². The Bertz CT molecular complexity index is 418. The van der Waals surface area contributed by atoms with Crippen molar-refractivity contribution in [3.8, 4) is 0 Å². The van der Waals surface area contributed by atoms with E-state index < -0.39 is 0 Å². The predicted octanol–water partition coefficient (Wildman–Crippen LogP) is 3.69. The number of hydrogen-bond acceptors (Lipinski definition) is 4. The average molecular weight is 327 g/mol. The van der Waals surface area contributed by atoms with Gasteiger partial charge in [-0.25, -0.2) is 4.98 Å². The van der Waals surface area contributed by atoms with Crippen LogP contribution in [-0.2, 0) is 0 Å². The van der Waals surface area contributed by atoms with Gasteiger partial charge >= 0.3 is 0 Å². The van der Waals surface area contributed by atoms with Gasteiger partial charge < -0.3 is 10.2 Å². The molecular formula is C14H23BrN4. The van der Waals surface area contributed by atoms with E-state index in [1.165, 1.54) is 19.3 Å². The Morgan fingerprint density at radius 3 is 2.79 bits per heavy atom. The molecule has 0 amide bonds. The van der Waals surface area contributed by atoms with Crippen LogP contribution in [0.1, 0.15) is 40.0 Å². The fourth-order valence-corrected chi connectivity index (χ4v) is 2.47. The first-order valence-electron chi connectivity index (χ1n) is 7.14. The van der Waals surface area contributed by atoms with Crippen LogP contribution in [0, 0.1) is 5.92 Å². The molecular weight excluding hydrogens is 304 g/mol. The lowest BCUT2D eigenvalue weighted by Gasteiger charge is -2.25. The molecule has 1 heterocycles. The van der Waals surface area contributed by atoms with Crippen LogP contribution in [0.4, 0.5) is 11.8 Å². The molecule has 1 saturated carbocycles. The second kappa shape index (κ2) is 6.55. The third-order valence-electron chi connectivity index (χ3n) is 3.27. The summed E-state index contributed by atoms with van der Waals surface area (Å²) in [5.74, 6) is 2.47.